The number of pyridine rings is 1. The number of halogens is 1. The molecule has 15 heavy (non-hydrogen) atoms. The highest BCUT2D eigenvalue weighted by atomic mass is 79.9. The quantitative estimate of drug-likeness (QED) is 0.849. The maximum Gasteiger partial charge on any atom is 0.253 e. The van der Waals surface area contributed by atoms with Crippen molar-refractivity contribution in [1.29, 1.82) is 0 Å². The summed E-state index contributed by atoms with van der Waals surface area (Å²) in [5, 5.41) is 0. The molecule has 0 aromatic carbocycles. The Morgan fingerprint density at radius 3 is 3.07 bits per heavy atom. The van der Waals surface area contributed by atoms with Crippen molar-refractivity contribution < 1.29 is 0 Å². The van der Waals surface area contributed by atoms with Crippen LogP contribution in [0.25, 0.3) is 0 Å². The summed E-state index contributed by atoms with van der Waals surface area (Å²) in [6, 6.07) is 1.82. The summed E-state index contributed by atoms with van der Waals surface area (Å²) in [6.07, 6.45) is 3.59. The highest BCUT2D eigenvalue weighted by molar-refractivity contribution is 9.10. The average Bonchev–Trinajstić information content (AvgIpc) is 2.66. The van der Waals surface area contributed by atoms with Gasteiger partial charge in [0.1, 0.15) is 0 Å². The van der Waals surface area contributed by atoms with E-state index < -0.39 is 0 Å². The Labute approximate surface area is 99.5 Å². The van der Waals surface area contributed by atoms with Crippen molar-refractivity contribution in [2.45, 2.75) is 13.5 Å². The van der Waals surface area contributed by atoms with Crippen molar-refractivity contribution in [3.05, 3.63) is 49.2 Å². The van der Waals surface area contributed by atoms with Gasteiger partial charge in [0.25, 0.3) is 5.56 Å². The Balaban J connectivity index is 2.41. The predicted octanol–water partition coefficient (Wildman–Crippen LogP) is 2.42. The fourth-order valence-electron chi connectivity index (χ4n) is 1.35. The molecule has 0 spiro atoms. The summed E-state index contributed by atoms with van der Waals surface area (Å²) in [7, 11) is 0. The molecule has 0 fully saturated rings. The molecule has 0 N–H and O–H groups in total. The second-order valence-corrected chi connectivity index (χ2v) is 5.13. The van der Waals surface area contributed by atoms with Gasteiger partial charge in [0.05, 0.1) is 12.1 Å². The van der Waals surface area contributed by atoms with E-state index in [9.17, 15) is 4.79 Å². The highest BCUT2D eigenvalue weighted by Crippen LogP contribution is 2.11. The van der Waals surface area contributed by atoms with Crippen molar-refractivity contribution in [3.63, 3.8) is 0 Å². The Hall–Kier alpha value is -0.940. The maximum absolute atomic E-state index is 11.8. The van der Waals surface area contributed by atoms with E-state index in [-0.39, 0.29) is 5.56 Å². The molecule has 0 aliphatic rings. The zero-order valence-electron chi connectivity index (χ0n) is 8.11. The number of hydrogen-bond donors (Lipinski definition) is 0. The molecular weight excluding hydrogens is 276 g/mol. The molecule has 0 aliphatic heterocycles. The number of aromatic nitrogens is 2. The van der Waals surface area contributed by atoms with Crippen LogP contribution in [0.4, 0.5) is 0 Å². The number of aryl methyl sites for hydroxylation is 1. The molecule has 0 bridgehead atoms. The molecule has 0 atom stereocenters. The largest absolute Gasteiger partial charge is 0.309 e. The van der Waals surface area contributed by atoms with Gasteiger partial charge in [-0.1, -0.05) is 0 Å². The fourth-order valence-corrected chi connectivity index (χ4v) is 2.53. The summed E-state index contributed by atoms with van der Waals surface area (Å²) >= 11 is 4.93. The molecule has 78 valence electrons. The summed E-state index contributed by atoms with van der Waals surface area (Å²) < 4.78 is 2.61. The fraction of sp³-hybridized carbons (Fsp3) is 0.200. The number of rotatable bonds is 2. The monoisotopic (exact) mass is 284 g/mol. The topological polar surface area (TPSA) is 34.9 Å². The van der Waals surface area contributed by atoms with Gasteiger partial charge in [0, 0.05) is 27.3 Å². The predicted molar refractivity (Wildman–Crippen MR) is 64.4 cm³/mol. The molecule has 0 aliphatic carbocycles. The second-order valence-electron chi connectivity index (χ2n) is 3.24. The lowest BCUT2D eigenvalue weighted by Gasteiger charge is -2.05. The van der Waals surface area contributed by atoms with Crippen LogP contribution in [0.5, 0.6) is 0 Å². The Kier molecular flexibility index (Phi) is 3.02. The minimum atomic E-state index is 0.0478. The van der Waals surface area contributed by atoms with Gasteiger partial charge < -0.3 is 4.57 Å². The third-order valence-corrected chi connectivity index (χ3v) is 3.24. The highest BCUT2D eigenvalue weighted by Gasteiger charge is 2.03. The van der Waals surface area contributed by atoms with Crippen molar-refractivity contribution in [1.82, 2.24) is 9.55 Å². The normalized spacial score (nSPS) is 10.5. The molecule has 0 saturated carbocycles. The van der Waals surface area contributed by atoms with Gasteiger partial charge in [0.15, 0.2) is 0 Å². The van der Waals surface area contributed by atoms with E-state index in [1.807, 2.05) is 13.0 Å². The summed E-state index contributed by atoms with van der Waals surface area (Å²) in [4.78, 5) is 16.8. The van der Waals surface area contributed by atoms with Crippen molar-refractivity contribution >= 4 is 27.3 Å². The van der Waals surface area contributed by atoms with E-state index in [4.69, 9.17) is 0 Å². The summed E-state index contributed by atoms with van der Waals surface area (Å²) in [6.45, 7) is 2.40. The van der Waals surface area contributed by atoms with Gasteiger partial charge in [-0.2, -0.15) is 0 Å². The van der Waals surface area contributed by atoms with Crippen LogP contribution < -0.4 is 5.56 Å². The van der Waals surface area contributed by atoms with Crippen LogP contribution >= 0.6 is 27.3 Å². The van der Waals surface area contributed by atoms with Gasteiger partial charge in [-0.15, -0.1) is 11.3 Å². The van der Waals surface area contributed by atoms with Gasteiger partial charge in [0.2, 0.25) is 0 Å². The molecule has 0 radical (unpaired) electrons. The third-order valence-electron chi connectivity index (χ3n) is 2.04. The van der Waals surface area contributed by atoms with E-state index in [1.54, 1.807) is 33.8 Å². The Morgan fingerprint density at radius 2 is 2.40 bits per heavy atom. The first-order valence-corrected chi connectivity index (χ1v) is 6.08. The maximum atomic E-state index is 11.8. The van der Waals surface area contributed by atoms with Crippen LogP contribution in [0.1, 0.15) is 10.4 Å². The molecule has 2 heterocycles. The molecule has 2 rings (SSSR count). The van der Waals surface area contributed by atoms with Gasteiger partial charge in [-0.3, -0.25) is 9.78 Å². The summed E-state index contributed by atoms with van der Waals surface area (Å²) in [5.41, 5.74) is 2.56. The minimum absolute atomic E-state index is 0.0478. The summed E-state index contributed by atoms with van der Waals surface area (Å²) in [5.74, 6) is 0. The van der Waals surface area contributed by atoms with E-state index in [1.165, 1.54) is 0 Å². The standard InChI is InChI=1S/C10H9BrN2OS/c1-7-2-8(11)4-13(10(7)14)5-9-3-12-6-15-9/h2-4,6H,5H2,1H3. The molecule has 2 aromatic rings. The van der Waals surface area contributed by atoms with Crippen molar-refractivity contribution in [3.8, 4) is 0 Å². The third kappa shape index (κ3) is 2.35. The first-order chi connectivity index (χ1) is 7.16. The van der Waals surface area contributed by atoms with Crippen LogP contribution in [0.3, 0.4) is 0 Å². The van der Waals surface area contributed by atoms with E-state index in [2.05, 4.69) is 20.9 Å². The first-order valence-electron chi connectivity index (χ1n) is 4.41. The lowest BCUT2D eigenvalue weighted by Crippen LogP contribution is -2.21. The lowest BCUT2D eigenvalue weighted by molar-refractivity contribution is 0.757. The second kappa shape index (κ2) is 4.28. The molecule has 5 heteroatoms. The molecule has 0 unspecified atom stereocenters. The van der Waals surface area contributed by atoms with E-state index in [0.29, 0.717) is 6.54 Å². The lowest BCUT2D eigenvalue weighted by atomic mass is 10.3. The van der Waals surface area contributed by atoms with Crippen LogP contribution in [0.2, 0.25) is 0 Å². The van der Waals surface area contributed by atoms with E-state index in [0.717, 1.165) is 14.9 Å². The number of thiazole rings is 1. The molecule has 0 saturated heterocycles. The van der Waals surface area contributed by atoms with Gasteiger partial charge in [-0.25, -0.2) is 0 Å². The molecular formula is C10H9BrN2OS. The van der Waals surface area contributed by atoms with Crippen molar-refractivity contribution in [2.24, 2.45) is 0 Å². The molecule has 2 aromatic heterocycles. The Bertz CT molecular complexity index is 519. The minimum Gasteiger partial charge on any atom is -0.309 e. The molecule has 0 amide bonds. The first kappa shape index (κ1) is 10.6. The SMILES string of the molecule is Cc1cc(Br)cn(Cc2cncs2)c1=O. The Morgan fingerprint density at radius 1 is 1.60 bits per heavy atom. The average molecular weight is 285 g/mol. The molecule has 3 nitrogen and oxygen atoms in total. The number of nitrogens with zero attached hydrogens (tertiary/aromatic N) is 2. The van der Waals surface area contributed by atoms with Crippen LogP contribution in [-0.4, -0.2) is 9.55 Å². The smallest absolute Gasteiger partial charge is 0.253 e. The van der Waals surface area contributed by atoms with Crippen molar-refractivity contribution in [2.75, 3.05) is 0 Å². The van der Waals surface area contributed by atoms with Crippen LogP contribution in [0.15, 0.2) is 33.2 Å². The number of hydrogen-bond acceptors (Lipinski definition) is 3. The van der Waals surface area contributed by atoms with Crippen LogP contribution in [0, 0.1) is 6.92 Å². The van der Waals surface area contributed by atoms with Gasteiger partial charge in [-0.05, 0) is 28.9 Å². The zero-order chi connectivity index (χ0) is 10.8. The van der Waals surface area contributed by atoms with E-state index >= 15 is 0 Å². The zero-order valence-corrected chi connectivity index (χ0v) is 10.5. The van der Waals surface area contributed by atoms with Crippen LogP contribution in [-0.2, 0) is 6.54 Å². The van der Waals surface area contributed by atoms with Gasteiger partial charge >= 0.3 is 0 Å².